The molecule has 0 unspecified atom stereocenters. The van der Waals surface area contributed by atoms with E-state index in [1.807, 2.05) is 6.07 Å². The Morgan fingerprint density at radius 3 is 2.60 bits per heavy atom. The molecular weight excluding hydrogens is 360 g/mol. The first kappa shape index (κ1) is 18.9. The maximum Gasteiger partial charge on any atom is 0.325 e. The van der Waals surface area contributed by atoms with Gasteiger partial charge in [-0.15, -0.1) is 11.3 Å². The van der Waals surface area contributed by atoms with Crippen LogP contribution in [0.25, 0.3) is 0 Å². The zero-order valence-corrected chi connectivity index (χ0v) is 15.4. The maximum absolute atomic E-state index is 12.1. The summed E-state index contributed by atoms with van der Waals surface area (Å²) in [6, 6.07) is 8.25. The summed E-state index contributed by atoms with van der Waals surface area (Å²) in [5, 5.41) is 4.36. The third-order valence-electron chi connectivity index (χ3n) is 3.12. The second kappa shape index (κ2) is 8.63. The van der Waals surface area contributed by atoms with Crippen molar-refractivity contribution in [3.05, 3.63) is 40.9 Å². The van der Waals surface area contributed by atoms with Crippen molar-refractivity contribution in [3.63, 3.8) is 0 Å². The SMILES string of the molecule is Cc1nc(S[C@@H](C)C(=O)NC(=O)Nc2ccccc2)sc1CC(N)=O. The summed E-state index contributed by atoms with van der Waals surface area (Å²) < 4.78 is 0.653. The molecule has 0 saturated heterocycles. The number of thioether (sulfide) groups is 1. The van der Waals surface area contributed by atoms with E-state index in [1.54, 1.807) is 38.1 Å². The molecule has 0 fully saturated rings. The van der Waals surface area contributed by atoms with Crippen molar-refractivity contribution in [2.75, 3.05) is 5.32 Å². The van der Waals surface area contributed by atoms with Crippen LogP contribution < -0.4 is 16.4 Å². The monoisotopic (exact) mass is 378 g/mol. The lowest BCUT2D eigenvalue weighted by Gasteiger charge is -2.10. The van der Waals surface area contributed by atoms with Crippen molar-refractivity contribution in [3.8, 4) is 0 Å². The van der Waals surface area contributed by atoms with Gasteiger partial charge in [0.25, 0.3) is 0 Å². The molecular formula is C16H18N4O3S2. The fourth-order valence-electron chi connectivity index (χ4n) is 1.88. The highest BCUT2D eigenvalue weighted by Gasteiger charge is 2.20. The van der Waals surface area contributed by atoms with E-state index in [0.717, 1.165) is 10.6 Å². The zero-order valence-electron chi connectivity index (χ0n) is 13.7. The number of hydrogen-bond donors (Lipinski definition) is 3. The molecule has 0 bridgehead atoms. The first-order chi connectivity index (χ1) is 11.8. The van der Waals surface area contributed by atoms with Gasteiger partial charge in [0.05, 0.1) is 17.4 Å². The standard InChI is InChI=1S/C16H18N4O3S2/c1-9-12(8-13(17)21)25-16(18-9)24-10(2)14(22)20-15(23)19-11-6-4-3-5-7-11/h3-7,10H,8H2,1-2H3,(H2,17,21)(H2,19,20,22,23)/t10-/m0/s1. The van der Waals surface area contributed by atoms with Crippen molar-refractivity contribution < 1.29 is 14.4 Å². The van der Waals surface area contributed by atoms with Crippen LogP contribution in [0.4, 0.5) is 10.5 Å². The molecule has 1 heterocycles. The summed E-state index contributed by atoms with van der Waals surface area (Å²) in [6.45, 7) is 3.47. The molecule has 7 nitrogen and oxygen atoms in total. The molecule has 4 N–H and O–H groups in total. The molecule has 9 heteroatoms. The number of thiazole rings is 1. The molecule has 1 aromatic heterocycles. The van der Waals surface area contributed by atoms with Gasteiger partial charge in [-0.05, 0) is 26.0 Å². The third-order valence-corrected chi connectivity index (χ3v) is 5.47. The van der Waals surface area contributed by atoms with Gasteiger partial charge in [-0.3, -0.25) is 14.9 Å². The van der Waals surface area contributed by atoms with Crippen LogP contribution in [0.3, 0.4) is 0 Å². The number of anilines is 1. The van der Waals surface area contributed by atoms with Crippen LogP contribution in [-0.2, 0) is 16.0 Å². The predicted molar refractivity (Wildman–Crippen MR) is 98.7 cm³/mol. The maximum atomic E-state index is 12.1. The van der Waals surface area contributed by atoms with E-state index >= 15 is 0 Å². The number of aryl methyl sites for hydroxylation is 1. The molecule has 0 radical (unpaired) electrons. The number of carbonyl (C=O) groups is 3. The van der Waals surface area contributed by atoms with E-state index in [-0.39, 0.29) is 6.42 Å². The second-order valence-electron chi connectivity index (χ2n) is 5.20. The Balaban J connectivity index is 1.89. The quantitative estimate of drug-likeness (QED) is 0.667. The van der Waals surface area contributed by atoms with Gasteiger partial charge < -0.3 is 11.1 Å². The van der Waals surface area contributed by atoms with Gasteiger partial charge in [0, 0.05) is 10.6 Å². The van der Waals surface area contributed by atoms with Gasteiger partial charge in [-0.1, -0.05) is 30.0 Å². The number of hydrogen-bond acceptors (Lipinski definition) is 6. The van der Waals surface area contributed by atoms with E-state index in [1.165, 1.54) is 23.1 Å². The molecule has 0 aliphatic heterocycles. The van der Waals surface area contributed by atoms with Crippen LogP contribution in [0, 0.1) is 6.92 Å². The minimum Gasteiger partial charge on any atom is -0.369 e. The Morgan fingerprint density at radius 2 is 1.96 bits per heavy atom. The molecule has 25 heavy (non-hydrogen) atoms. The number of para-hydroxylation sites is 1. The minimum atomic E-state index is -0.589. The van der Waals surface area contributed by atoms with Crippen LogP contribution in [0.2, 0.25) is 0 Å². The van der Waals surface area contributed by atoms with Gasteiger partial charge in [-0.25, -0.2) is 9.78 Å². The predicted octanol–water partition coefficient (Wildman–Crippen LogP) is 2.31. The van der Waals surface area contributed by atoms with Crippen molar-refractivity contribution >= 4 is 46.6 Å². The summed E-state index contributed by atoms with van der Waals surface area (Å²) in [4.78, 5) is 40.1. The number of aromatic nitrogens is 1. The molecule has 0 aliphatic carbocycles. The van der Waals surface area contributed by atoms with Crippen molar-refractivity contribution in [2.45, 2.75) is 29.9 Å². The molecule has 132 valence electrons. The Morgan fingerprint density at radius 1 is 1.28 bits per heavy atom. The molecule has 2 rings (SSSR count). The average molecular weight is 378 g/mol. The molecule has 1 aromatic carbocycles. The average Bonchev–Trinajstić information content (AvgIpc) is 2.86. The number of urea groups is 1. The molecule has 0 aliphatic rings. The number of benzene rings is 1. The summed E-state index contributed by atoms with van der Waals surface area (Å²) in [5.74, 6) is -0.852. The molecule has 0 spiro atoms. The lowest BCUT2D eigenvalue weighted by molar-refractivity contribution is -0.119. The van der Waals surface area contributed by atoms with E-state index < -0.39 is 23.1 Å². The summed E-state index contributed by atoms with van der Waals surface area (Å²) in [5.41, 5.74) is 6.51. The first-order valence-corrected chi connectivity index (χ1v) is 9.13. The highest BCUT2D eigenvalue weighted by molar-refractivity contribution is 8.02. The van der Waals surface area contributed by atoms with Crippen molar-refractivity contribution in [1.82, 2.24) is 10.3 Å². The molecule has 2 aromatic rings. The van der Waals surface area contributed by atoms with E-state index in [2.05, 4.69) is 15.6 Å². The summed E-state index contributed by atoms with van der Waals surface area (Å²) in [7, 11) is 0. The lowest BCUT2D eigenvalue weighted by atomic mass is 10.3. The fraction of sp³-hybridized carbons (Fsp3) is 0.250. The Hall–Kier alpha value is -2.39. The summed E-state index contributed by atoms with van der Waals surface area (Å²) in [6.07, 6.45) is 0.129. The fourth-order valence-corrected chi connectivity index (χ4v) is 4.26. The lowest BCUT2D eigenvalue weighted by Crippen LogP contribution is -2.38. The topological polar surface area (TPSA) is 114 Å². The van der Waals surface area contributed by atoms with E-state index in [4.69, 9.17) is 5.73 Å². The Labute approximate surface area is 153 Å². The second-order valence-corrected chi connectivity index (χ2v) is 7.87. The smallest absolute Gasteiger partial charge is 0.325 e. The number of carbonyl (C=O) groups excluding carboxylic acids is 3. The number of primary amides is 1. The van der Waals surface area contributed by atoms with Crippen LogP contribution in [0.15, 0.2) is 34.7 Å². The largest absolute Gasteiger partial charge is 0.369 e. The minimum absolute atomic E-state index is 0.129. The number of amides is 4. The van der Waals surface area contributed by atoms with Gasteiger partial charge in [0.15, 0.2) is 4.34 Å². The third kappa shape index (κ3) is 5.87. The highest BCUT2D eigenvalue weighted by atomic mass is 32.2. The molecule has 1 atom stereocenters. The first-order valence-electron chi connectivity index (χ1n) is 7.43. The van der Waals surface area contributed by atoms with E-state index in [9.17, 15) is 14.4 Å². The van der Waals surface area contributed by atoms with Gasteiger partial charge in [-0.2, -0.15) is 0 Å². The van der Waals surface area contributed by atoms with Crippen molar-refractivity contribution in [1.29, 1.82) is 0 Å². The zero-order chi connectivity index (χ0) is 18.4. The van der Waals surface area contributed by atoms with Crippen LogP contribution >= 0.6 is 23.1 Å². The Bertz CT molecular complexity index is 777. The van der Waals surface area contributed by atoms with Gasteiger partial charge >= 0.3 is 6.03 Å². The van der Waals surface area contributed by atoms with Crippen LogP contribution in [0.5, 0.6) is 0 Å². The number of nitrogens with zero attached hydrogens (tertiary/aromatic N) is 1. The number of imide groups is 1. The van der Waals surface area contributed by atoms with Gasteiger partial charge in [0.2, 0.25) is 11.8 Å². The normalized spacial score (nSPS) is 11.6. The number of nitrogens with two attached hydrogens (primary N) is 1. The van der Waals surface area contributed by atoms with Crippen LogP contribution in [-0.4, -0.2) is 28.1 Å². The highest BCUT2D eigenvalue weighted by Crippen LogP contribution is 2.30. The summed E-state index contributed by atoms with van der Waals surface area (Å²) >= 11 is 2.55. The number of nitrogens with one attached hydrogen (secondary N) is 2. The van der Waals surface area contributed by atoms with Crippen LogP contribution in [0.1, 0.15) is 17.5 Å². The number of rotatable bonds is 6. The van der Waals surface area contributed by atoms with Crippen molar-refractivity contribution in [2.24, 2.45) is 5.73 Å². The Kier molecular flexibility index (Phi) is 6.54. The van der Waals surface area contributed by atoms with E-state index in [0.29, 0.717) is 10.0 Å². The molecule has 0 saturated carbocycles. The van der Waals surface area contributed by atoms with Gasteiger partial charge in [0.1, 0.15) is 0 Å². The molecule has 4 amide bonds.